The molecule has 0 aliphatic heterocycles. The van der Waals surface area contributed by atoms with Gasteiger partial charge in [-0.2, -0.15) is 18.4 Å². The van der Waals surface area contributed by atoms with E-state index in [1.165, 1.54) is 26.4 Å². The summed E-state index contributed by atoms with van der Waals surface area (Å²) in [7, 11) is 1.53. The summed E-state index contributed by atoms with van der Waals surface area (Å²) < 4.78 is 47.0. The van der Waals surface area contributed by atoms with Crippen LogP contribution in [-0.4, -0.2) is 17.9 Å². The standard InChI is InChI=1S/C34H31F3N2O2S/c1-41-29-9-7-21(8-10-31(40)33-16-22-11-23(17-33)13-24(12-22)18-33)14-26(29)20-42-32-28(19-38)27(25-5-3-2-4-6-25)15-30(39-32)34(35,36)37/h2-10,14-15,22-24H,11-13,16-18,20H2,1H3/b10-8+. The summed E-state index contributed by atoms with van der Waals surface area (Å²) in [6, 6.07) is 17.1. The zero-order valence-corrected chi connectivity index (χ0v) is 24.1. The van der Waals surface area contributed by atoms with E-state index in [0.29, 0.717) is 29.1 Å². The minimum absolute atomic E-state index is 0.00571. The topological polar surface area (TPSA) is 63.0 Å². The summed E-state index contributed by atoms with van der Waals surface area (Å²) in [5.41, 5.74) is 1.08. The van der Waals surface area contributed by atoms with Crippen LogP contribution in [0.15, 0.2) is 65.7 Å². The molecule has 0 unspecified atom stereocenters. The minimum Gasteiger partial charge on any atom is -0.496 e. The highest BCUT2D eigenvalue weighted by Gasteiger charge is 2.53. The van der Waals surface area contributed by atoms with Crippen LogP contribution < -0.4 is 4.74 Å². The second kappa shape index (κ2) is 11.3. The number of alkyl halides is 3. The fourth-order valence-corrected chi connectivity index (χ4v) is 8.63. The van der Waals surface area contributed by atoms with Gasteiger partial charge < -0.3 is 4.74 Å². The van der Waals surface area contributed by atoms with Crippen molar-refractivity contribution in [1.82, 2.24) is 4.98 Å². The third-order valence-electron chi connectivity index (χ3n) is 9.13. The molecule has 0 atom stereocenters. The van der Waals surface area contributed by atoms with Gasteiger partial charge in [0.05, 0.1) is 12.7 Å². The normalized spacial score (nSPS) is 24.6. The molecule has 4 saturated carbocycles. The molecule has 8 heteroatoms. The van der Waals surface area contributed by atoms with Crippen LogP contribution in [0.3, 0.4) is 0 Å². The molecule has 1 aromatic heterocycles. The molecule has 4 aliphatic carbocycles. The highest BCUT2D eigenvalue weighted by molar-refractivity contribution is 7.98. The van der Waals surface area contributed by atoms with Crippen LogP contribution in [0.25, 0.3) is 17.2 Å². The fraction of sp³-hybridized carbons (Fsp3) is 0.382. The van der Waals surface area contributed by atoms with Crippen LogP contribution in [0.2, 0.25) is 0 Å². The molecule has 0 amide bonds. The van der Waals surface area contributed by atoms with Gasteiger partial charge in [0, 0.05) is 22.3 Å². The second-order valence-corrected chi connectivity index (χ2v) is 12.9. The van der Waals surface area contributed by atoms with Crippen molar-refractivity contribution in [3.63, 3.8) is 0 Å². The number of halogens is 3. The Kier molecular flexibility index (Phi) is 7.65. The molecule has 4 nitrogen and oxygen atoms in total. The van der Waals surface area contributed by atoms with Crippen molar-refractivity contribution in [1.29, 1.82) is 5.26 Å². The number of carbonyl (C=O) groups excluding carboxylic acids is 1. The lowest BCUT2D eigenvalue weighted by molar-refractivity contribution is -0.141. The Labute approximate surface area is 248 Å². The van der Waals surface area contributed by atoms with Crippen molar-refractivity contribution in [3.05, 3.63) is 83.1 Å². The molecule has 0 saturated heterocycles. The molecule has 0 radical (unpaired) electrons. The Morgan fingerprint density at radius 1 is 1.07 bits per heavy atom. The Bertz CT molecular complexity index is 1540. The van der Waals surface area contributed by atoms with E-state index in [-0.39, 0.29) is 33.1 Å². The summed E-state index contributed by atoms with van der Waals surface area (Å²) in [6.07, 6.45) is 5.73. The SMILES string of the molecule is COc1ccc(/C=C/C(=O)C23CC4CC(CC(C4)C2)C3)cc1CSc1nc(C(F)(F)F)cc(-c2ccccc2)c1C#N. The Morgan fingerprint density at radius 2 is 1.74 bits per heavy atom. The first-order valence-corrected chi connectivity index (χ1v) is 15.3. The number of ether oxygens (including phenoxy) is 1. The molecule has 3 aromatic rings. The third-order valence-corrected chi connectivity index (χ3v) is 10.2. The Balaban J connectivity index is 1.26. The van der Waals surface area contributed by atoms with Gasteiger partial charge in [-0.1, -0.05) is 42.5 Å². The fourth-order valence-electron chi connectivity index (χ4n) is 7.65. The van der Waals surface area contributed by atoms with Gasteiger partial charge in [0.2, 0.25) is 0 Å². The van der Waals surface area contributed by atoms with Crippen molar-refractivity contribution >= 4 is 23.6 Å². The van der Waals surface area contributed by atoms with Gasteiger partial charge in [-0.05, 0) is 91.7 Å². The van der Waals surface area contributed by atoms with E-state index in [2.05, 4.69) is 11.1 Å². The van der Waals surface area contributed by atoms with Crippen molar-refractivity contribution in [2.45, 2.75) is 55.5 Å². The third kappa shape index (κ3) is 5.59. The van der Waals surface area contributed by atoms with E-state index in [1.807, 2.05) is 18.2 Å². The van der Waals surface area contributed by atoms with Crippen LogP contribution in [0.1, 0.15) is 60.9 Å². The lowest BCUT2D eigenvalue weighted by Gasteiger charge is -2.55. The smallest absolute Gasteiger partial charge is 0.433 e. The molecule has 4 fully saturated rings. The molecule has 42 heavy (non-hydrogen) atoms. The number of nitriles is 1. The van der Waals surface area contributed by atoms with E-state index in [9.17, 15) is 23.2 Å². The zero-order chi connectivity index (χ0) is 29.5. The molecule has 4 aliphatic rings. The van der Waals surface area contributed by atoms with E-state index in [1.54, 1.807) is 42.5 Å². The first-order valence-electron chi connectivity index (χ1n) is 14.3. The highest BCUT2D eigenvalue weighted by Crippen LogP contribution is 2.60. The van der Waals surface area contributed by atoms with Gasteiger partial charge in [-0.25, -0.2) is 4.98 Å². The Hall–Kier alpha value is -3.57. The largest absolute Gasteiger partial charge is 0.496 e. The lowest BCUT2D eigenvalue weighted by atomic mass is 9.48. The Morgan fingerprint density at radius 3 is 2.33 bits per heavy atom. The van der Waals surface area contributed by atoms with Crippen molar-refractivity contribution in [3.8, 4) is 22.9 Å². The summed E-state index contributed by atoms with van der Waals surface area (Å²) in [4.78, 5) is 17.3. The van der Waals surface area contributed by atoms with Gasteiger partial charge >= 0.3 is 6.18 Å². The summed E-state index contributed by atoms with van der Waals surface area (Å²) in [6.45, 7) is 0. The molecule has 7 rings (SSSR count). The zero-order valence-electron chi connectivity index (χ0n) is 23.3. The highest BCUT2D eigenvalue weighted by atomic mass is 32.2. The van der Waals surface area contributed by atoms with E-state index < -0.39 is 11.9 Å². The lowest BCUT2D eigenvalue weighted by Crippen LogP contribution is -2.49. The van der Waals surface area contributed by atoms with Gasteiger partial charge in [0.25, 0.3) is 0 Å². The number of rotatable bonds is 8. The van der Waals surface area contributed by atoms with E-state index in [0.717, 1.165) is 48.2 Å². The molecular formula is C34H31F3N2O2S. The number of carbonyl (C=O) groups is 1. The number of methoxy groups -OCH3 is 1. The van der Waals surface area contributed by atoms with Gasteiger partial charge in [-0.15, -0.1) is 11.8 Å². The first-order chi connectivity index (χ1) is 20.2. The summed E-state index contributed by atoms with van der Waals surface area (Å²) >= 11 is 1.06. The number of hydrogen-bond acceptors (Lipinski definition) is 5. The number of nitrogens with zero attached hydrogens (tertiary/aromatic N) is 2. The predicted molar refractivity (Wildman–Crippen MR) is 157 cm³/mol. The summed E-state index contributed by atoms with van der Waals surface area (Å²) in [5, 5.41) is 9.96. The first kappa shape index (κ1) is 28.5. The average molecular weight is 589 g/mol. The monoisotopic (exact) mass is 588 g/mol. The molecule has 0 N–H and O–H groups in total. The number of benzene rings is 2. The quantitative estimate of drug-likeness (QED) is 0.195. The van der Waals surface area contributed by atoms with Gasteiger partial charge in [0.15, 0.2) is 5.78 Å². The molecular weight excluding hydrogens is 557 g/mol. The molecule has 0 spiro atoms. The van der Waals surface area contributed by atoms with Crippen molar-refractivity contribution < 1.29 is 22.7 Å². The van der Waals surface area contributed by atoms with E-state index >= 15 is 0 Å². The van der Waals surface area contributed by atoms with Crippen LogP contribution in [0, 0.1) is 34.5 Å². The van der Waals surface area contributed by atoms with Gasteiger partial charge in [0.1, 0.15) is 22.5 Å². The molecule has 216 valence electrons. The van der Waals surface area contributed by atoms with Gasteiger partial charge in [-0.3, -0.25) is 4.79 Å². The van der Waals surface area contributed by atoms with Crippen molar-refractivity contribution in [2.24, 2.45) is 23.2 Å². The number of aromatic nitrogens is 1. The average Bonchev–Trinajstić information content (AvgIpc) is 2.97. The molecule has 1 heterocycles. The maximum atomic E-state index is 13.8. The maximum absolute atomic E-state index is 13.8. The van der Waals surface area contributed by atoms with Crippen molar-refractivity contribution in [2.75, 3.05) is 7.11 Å². The van der Waals surface area contributed by atoms with E-state index in [4.69, 9.17) is 4.74 Å². The number of pyridine rings is 1. The maximum Gasteiger partial charge on any atom is 0.433 e. The number of thioether (sulfide) groups is 1. The van der Waals surface area contributed by atoms with Crippen LogP contribution >= 0.6 is 11.8 Å². The number of ketones is 1. The minimum atomic E-state index is -4.67. The van der Waals surface area contributed by atoms with Crippen LogP contribution in [-0.2, 0) is 16.7 Å². The molecule has 2 aromatic carbocycles. The van der Waals surface area contributed by atoms with Crippen LogP contribution in [0.4, 0.5) is 13.2 Å². The summed E-state index contributed by atoms with van der Waals surface area (Å²) in [5.74, 6) is 3.06. The van der Waals surface area contributed by atoms with Crippen LogP contribution in [0.5, 0.6) is 5.75 Å². The second-order valence-electron chi connectivity index (χ2n) is 12.0. The number of hydrogen-bond donors (Lipinski definition) is 0. The molecule has 4 bridgehead atoms. The number of allylic oxidation sites excluding steroid dienone is 1. The predicted octanol–water partition coefficient (Wildman–Crippen LogP) is 8.74.